The van der Waals surface area contributed by atoms with Crippen molar-refractivity contribution in [3.8, 4) is 0 Å². The third-order valence-electron chi connectivity index (χ3n) is 2.52. The molecule has 1 heterocycles. The highest BCUT2D eigenvalue weighted by Gasteiger charge is 2.21. The van der Waals surface area contributed by atoms with Gasteiger partial charge in [-0.15, -0.1) is 0 Å². The van der Waals surface area contributed by atoms with Gasteiger partial charge in [0, 0.05) is 0 Å². The molecular formula is C11H19N2O2+. The van der Waals surface area contributed by atoms with Crippen LogP contribution in [-0.4, -0.2) is 15.6 Å². The molecule has 0 amide bonds. The van der Waals surface area contributed by atoms with Crippen molar-refractivity contribution in [2.75, 3.05) is 0 Å². The number of unbranched alkanes of at least 4 members (excludes halogenated alkanes) is 3. The summed E-state index contributed by atoms with van der Waals surface area (Å²) >= 11 is 0. The number of hydrogen-bond donors (Lipinski definition) is 1. The van der Waals surface area contributed by atoms with Gasteiger partial charge in [0.2, 0.25) is 0 Å². The Kier molecular flexibility index (Phi) is 4.34. The molecule has 0 aliphatic rings. The molecule has 0 fully saturated rings. The number of carboxylic acids is 1. The largest absolute Gasteiger partial charge is 0.472 e. The number of rotatable bonds is 6. The van der Waals surface area contributed by atoms with E-state index >= 15 is 0 Å². The molecule has 1 aromatic heterocycles. The first kappa shape index (κ1) is 11.8. The van der Waals surface area contributed by atoms with Crippen LogP contribution >= 0.6 is 0 Å². The van der Waals surface area contributed by atoms with Crippen LogP contribution in [0.25, 0.3) is 0 Å². The standard InChI is InChI=1S/C11H18N2O2/c1-3-4-5-6-7-13-9-8-12(2)10(13)11(14)15/h8-9H,3-7H2,1-2H3/p+1. The van der Waals surface area contributed by atoms with Crippen molar-refractivity contribution in [2.45, 2.75) is 39.2 Å². The predicted octanol–water partition coefficient (Wildman–Crippen LogP) is 1.59. The second kappa shape index (κ2) is 5.53. The molecule has 1 aromatic rings. The first-order valence-corrected chi connectivity index (χ1v) is 5.45. The average Bonchev–Trinajstić information content (AvgIpc) is 2.54. The maximum absolute atomic E-state index is 11.0. The fourth-order valence-electron chi connectivity index (χ4n) is 1.69. The molecular weight excluding hydrogens is 192 g/mol. The van der Waals surface area contributed by atoms with E-state index in [2.05, 4.69) is 6.92 Å². The zero-order valence-electron chi connectivity index (χ0n) is 9.44. The van der Waals surface area contributed by atoms with Crippen LogP contribution in [0.15, 0.2) is 12.4 Å². The molecule has 0 aromatic carbocycles. The summed E-state index contributed by atoms with van der Waals surface area (Å²) in [5, 5.41) is 9.00. The number of imidazole rings is 1. The molecule has 0 bridgehead atoms. The Balaban J connectivity index is 2.57. The van der Waals surface area contributed by atoms with Crippen LogP contribution in [0.3, 0.4) is 0 Å². The first-order chi connectivity index (χ1) is 7.16. The molecule has 0 aliphatic carbocycles. The lowest BCUT2D eigenvalue weighted by Crippen LogP contribution is -2.35. The van der Waals surface area contributed by atoms with Crippen LogP contribution in [0.1, 0.15) is 43.2 Å². The van der Waals surface area contributed by atoms with Crippen LogP contribution in [0.2, 0.25) is 0 Å². The maximum Gasteiger partial charge on any atom is 0.419 e. The van der Waals surface area contributed by atoms with Crippen molar-refractivity contribution < 1.29 is 14.5 Å². The second-order valence-electron chi connectivity index (χ2n) is 3.79. The lowest BCUT2D eigenvalue weighted by atomic mass is 10.2. The van der Waals surface area contributed by atoms with E-state index in [0.717, 1.165) is 19.4 Å². The molecule has 84 valence electrons. The van der Waals surface area contributed by atoms with E-state index in [1.54, 1.807) is 22.4 Å². The molecule has 0 saturated carbocycles. The highest BCUT2D eigenvalue weighted by atomic mass is 16.4. The van der Waals surface area contributed by atoms with Gasteiger partial charge in [-0.25, -0.2) is 13.9 Å². The molecule has 0 radical (unpaired) electrons. The summed E-state index contributed by atoms with van der Waals surface area (Å²) < 4.78 is 3.44. The molecule has 1 rings (SSSR count). The zero-order chi connectivity index (χ0) is 11.3. The predicted molar refractivity (Wildman–Crippen MR) is 56.7 cm³/mol. The van der Waals surface area contributed by atoms with E-state index in [1.165, 1.54) is 12.8 Å². The smallest absolute Gasteiger partial charge is 0.419 e. The normalized spacial score (nSPS) is 10.5. The number of aromatic carboxylic acids is 1. The fourth-order valence-corrected chi connectivity index (χ4v) is 1.69. The lowest BCUT2D eigenvalue weighted by molar-refractivity contribution is -0.673. The van der Waals surface area contributed by atoms with Crippen LogP contribution in [0.5, 0.6) is 0 Å². The number of aromatic nitrogens is 2. The van der Waals surface area contributed by atoms with Gasteiger partial charge < -0.3 is 5.11 Å². The van der Waals surface area contributed by atoms with Gasteiger partial charge >= 0.3 is 11.8 Å². The Hall–Kier alpha value is -1.32. The SMILES string of the molecule is CCCCCCn1cc[n+](C)c1C(=O)O. The Morgan fingerprint density at radius 3 is 2.80 bits per heavy atom. The quantitative estimate of drug-likeness (QED) is 0.573. The Morgan fingerprint density at radius 2 is 2.20 bits per heavy atom. The summed E-state index contributed by atoms with van der Waals surface area (Å²) in [5.41, 5.74) is 0. The van der Waals surface area contributed by atoms with Crippen LogP contribution in [0, 0.1) is 0 Å². The zero-order valence-corrected chi connectivity index (χ0v) is 9.44. The average molecular weight is 211 g/mol. The fraction of sp³-hybridized carbons (Fsp3) is 0.636. The molecule has 1 N–H and O–H groups in total. The summed E-state index contributed by atoms with van der Waals surface area (Å²) in [6.45, 7) is 2.96. The van der Waals surface area contributed by atoms with E-state index in [1.807, 2.05) is 6.20 Å². The molecule has 0 spiro atoms. The van der Waals surface area contributed by atoms with Gasteiger partial charge in [0.25, 0.3) is 0 Å². The number of aryl methyl sites for hydroxylation is 2. The Morgan fingerprint density at radius 1 is 1.47 bits per heavy atom. The van der Waals surface area contributed by atoms with Gasteiger partial charge in [-0.3, -0.25) is 0 Å². The summed E-state index contributed by atoms with van der Waals surface area (Å²) in [7, 11) is 1.76. The van der Waals surface area contributed by atoms with E-state index in [0.29, 0.717) is 5.82 Å². The lowest BCUT2D eigenvalue weighted by Gasteiger charge is -1.99. The molecule has 4 nitrogen and oxygen atoms in total. The minimum Gasteiger partial charge on any atom is -0.472 e. The van der Waals surface area contributed by atoms with Crippen molar-refractivity contribution in [1.29, 1.82) is 0 Å². The van der Waals surface area contributed by atoms with Crippen LogP contribution in [-0.2, 0) is 13.6 Å². The van der Waals surface area contributed by atoms with Gasteiger partial charge in [0.15, 0.2) is 0 Å². The topological polar surface area (TPSA) is 46.1 Å². The van der Waals surface area contributed by atoms with Gasteiger partial charge in [-0.1, -0.05) is 19.8 Å². The molecule has 0 atom stereocenters. The second-order valence-corrected chi connectivity index (χ2v) is 3.79. The van der Waals surface area contributed by atoms with Gasteiger partial charge in [-0.05, 0) is 12.8 Å². The summed E-state index contributed by atoms with van der Waals surface area (Å²) in [6, 6.07) is 0. The van der Waals surface area contributed by atoms with Crippen LogP contribution in [0.4, 0.5) is 0 Å². The van der Waals surface area contributed by atoms with E-state index < -0.39 is 5.97 Å². The maximum atomic E-state index is 11.0. The number of hydrogen-bond acceptors (Lipinski definition) is 1. The third-order valence-corrected chi connectivity index (χ3v) is 2.52. The summed E-state index contributed by atoms with van der Waals surface area (Å²) in [6.07, 6.45) is 8.24. The molecule has 0 saturated heterocycles. The van der Waals surface area contributed by atoms with Crippen molar-refractivity contribution in [3.05, 3.63) is 18.2 Å². The Labute approximate surface area is 90.2 Å². The first-order valence-electron chi connectivity index (χ1n) is 5.45. The minimum absolute atomic E-state index is 0.353. The van der Waals surface area contributed by atoms with Crippen molar-refractivity contribution >= 4 is 5.97 Å². The van der Waals surface area contributed by atoms with Crippen molar-refractivity contribution in [3.63, 3.8) is 0 Å². The molecule has 0 aliphatic heterocycles. The van der Waals surface area contributed by atoms with Crippen LogP contribution < -0.4 is 4.57 Å². The van der Waals surface area contributed by atoms with E-state index in [4.69, 9.17) is 5.11 Å². The van der Waals surface area contributed by atoms with Gasteiger partial charge in [0.05, 0.1) is 13.6 Å². The summed E-state index contributed by atoms with van der Waals surface area (Å²) in [4.78, 5) is 11.0. The summed E-state index contributed by atoms with van der Waals surface area (Å²) in [5.74, 6) is -0.510. The van der Waals surface area contributed by atoms with E-state index in [9.17, 15) is 4.79 Å². The molecule has 15 heavy (non-hydrogen) atoms. The third kappa shape index (κ3) is 3.08. The number of carbonyl (C=O) groups is 1. The number of carboxylic acid groups (broad SMARTS) is 1. The van der Waals surface area contributed by atoms with E-state index in [-0.39, 0.29) is 0 Å². The number of nitrogens with zero attached hydrogens (tertiary/aromatic N) is 2. The van der Waals surface area contributed by atoms with Crippen molar-refractivity contribution in [2.24, 2.45) is 7.05 Å². The van der Waals surface area contributed by atoms with Gasteiger partial charge in [-0.2, -0.15) is 0 Å². The van der Waals surface area contributed by atoms with Crippen molar-refractivity contribution in [1.82, 2.24) is 4.57 Å². The van der Waals surface area contributed by atoms with Gasteiger partial charge in [0.1, 0.15) is 12.4 Å². The molecule has 4 heteroatoms. The highest BCUT2D eigenvalue weighted by molar-refractivity contribution is 5.81. The Bertz CT molecular complexity index is 331. The molecule has 0 unspecified atom stereocenters. The monoisotopic (exact) mass is 211 g/mol. The highest BCUT2D eigenvalue weighted by Crippen LogP contribution is 2.03. The minimum atomic E-state index is -0.863.